The van der Waals surface area contributed by atoms with Gasteiger partial charge in [-0.15, -0.1) is 0 Å². The van der Waals surface area contributed by atoms with Gasteiger partial charge in [0.2, 0.25) is 0 Å². The minimum atomic E-state index is -1.66. The van der Waals surface area contributed by atoms with Crippen molar-refractivity contribution in [3.8, 4) is 0 Å². The summed E-state index contributed by atoms with van der Waals surface area (Å²) in [6, 6.07) is 0. The molecule has 0 atom stereocenters. The van der Waals surface area contributed by atoms with Crippen LogP contribution in [0, 0.1) is 0 Å². The molecule has 0 radical (unpaired) electrons. The Morgan fingerprint density at radius 3 is 0.773 bits per heavy atom. The highest BCUT2D eigenvalue weighted by atomic mass is 29.7. The second-order valence-electron chi connectivity index (χ2n) is 9.49. The highest BCUT2D eigenvalue weighted by Gasteiger charge is 2.83. The summed E-state index contributed by atoms with van der Waals surface area (Å²) in [4.78, 5) is 0. The summed E-state index contributed by atoms with van der Waals surface area (Å²) in [5.41, 5.74) is 4.80. The predicted octanol–water partition coefficient (Wildman–Crippen LogP) is 6.97. The van der Waals surface area contributed by atoms with Crippen LogP contribution in [0.3, 0.4) is 0 Å². The fraction of sp³-hybridized carbons (Fsp3) is 1.00. The van der Waals surface area contributed by atoms with Gasteiger partial charge in [-0.3, -0.25) is 0 Å². The van der Waals surface area contributed by atoms with Gasteiger partial charge in [-0.1, -0.05) is 94.2 Å². The molecule has 4 heteroatoms. The third-order valence-electron chi connectivity index (χ3n) is 6.88. The summed E-state index contributed by atoms with van der Waals surface area (Å²) in [6.07, 6.45) is 0. The molecule has 1 rings (SSSR count). The molecule has 1 saturated heterocycles. The Morgan fingerprint density at radius 1 is 0.409 bits per heavy atom. The maximum Gasteiger partial charge on any atom is 0.172 e. The lowest BCUT2D eigenvalue weighted by Gasteiger charge is -2.77. The molecule has 132 valence electrons. The van der Waals surface area contributed by atoms with E-state index in [-0.39, 0.29) is 0 Å². The minimum absolute atomic E-state index is 0.766. The monoisotopic (exact) mass is 358 g/mol. The molecule has 0 saturated carbocycles. The minimum Gasteiger partial charge on any atom is -0.458 e. The lowest BCUT2D eigenvalue weighted by atomic mass is 10.5. The summed E-state index contributed by atoms with van der Waals surface area (Å²) in [5, 5.41) is 0. The Morgan fingerprint density at radius 2 is 0.636 bits per heavy atom. The first-order chi connectivity index (χ1) is 9.87. The topological polar surface area (TPSA) is 9.23 Å². The number of hydrogen-bond acceptors (Lipinski definition) is 1. The Kier molecular flexibility index (Phi) is 6.09. The molecule has 1 aliphatic rings. The van der Waals surface area contributed by atoms with Gasteiger partial charge >= 0.3 is 0 Å². The van der Waals surface area contributed by atoms with E-state index >= 15 is 0 Å². The molecule has 0 unspecified atom stereocenters. The second kappa shape index (κ2) is 6.49. The van der Waals surface area contributed by atoms with Crippen LogP contribution in [0.25, 0.3) is 0 Å². The average Bonchev–Trinajstić information content (AvgIpc) is 2.24. The van der Waals surface area contributed by atoms with Gasteiger partial charge in [-0.05, 0) is 22.2 Å². The van der Waals surface area contributed by atoms with Crippen molar-refractivity contribution in [2.45, 2.75) is 116 Å². The second-order valence-corrected chi connectivity index (χ2v) is 33.3. The molecular weight excluding hydrogens is 316 g/mol. The third-order valence-corrected chi connectivity index (χ3v) is 53.2. The molecule has 0 N–H and O–H groups in total. The van der Waals surface area contributed by atoms with E-state index in [1.54, 1.807) is 0 Å². The zero-order valence-corrected chi connectivity index (χ0v) is 20.4. The highest BCUT2D eigenvalue weighted by molar-refractivity contribution is 7.76. The van der Waals surface area contributed by atoms with Crippen LogP contribution < -0.4 is 0 Å². The highest BCUT2D eigenvalue weighted by Crippen LogP contribution is 2.67. The lowest BCUT2D eigenvalue weighted by molar-refractivity contribution is 0.456. The first-order valence-electron chi connectivity index (χ1n) is 9.57. The van der Waals surface area contributed by atoms with Gasteiger partial charge in [-0.25, -0.2) is 0 Å². The zero-order valence-electron chi connectivity index (χ0n) is 17.4. The van der Waals surface area contributed by atoms with Gasteiger partial charge in [0, 0.05) is 0 Å². The molecule has 1 nitrogen and oxygen atoms in total. The summed E-state index contributed by atoms with van der Waals surface area (Å²) in [6.45, 7) is 30.1. The zero-order chi connectivity index (χ0) is 17.7. The normalized spacial score (nSPS) is 23.2. The molecule has 1 heterocycles. The van der Waals surface area contributed by atoms with Crippen LogP contribution in [-0.4, -0.2) is 22.8 Å². The number of rotatable bonds is 6. The summed E-state index contributed by atoms with van der Waals surface area (Å²) in [5.74, 6) is 0. The number of hydrogen-bond donors (Lipinski definition) is 0. The van der Waals surface area contributed by atoms with E-state index in [4.69, 9.17) is 4.12 Å². The van der Waals surface area contributed by atoms with Crippen LogP contribution in [-0.2, 0) is 4.12 Å². The molecule has 1 aliphatic heterocycles. The molecule has 0 amide bonds. The van der Waals surface area contributed by atoms with Crippen molar-refractivity contribution in [2.24, 2.45) is 0 Å². The Hall–Kier alpha value is 0.611. The van der Waals surface area contributed by atoms with E-state index in [0.717, 1.165) is 33.2 Å². The first kappa shape index (κ1) is 20.7. The van der Waals surface area contributed by atoms with E-state index in [9.17, 15) is 0 Å². The molecule has 1 fully saturated rings. The largest absolute Gasteiger partial charge is 0.458 e. The fourth-order valence-electron chi connectivity index (χ4n) is 6.89. The van der Waals surface area contributed by atoms with Gasteiger partial charge in [0.05, 0.1) is 0 Å². The fourth-order valence-corrected chi connectivity index (χ4v) is 70.7. The summed E-state index contributed by atoms with van der Waals surface area (Å²) in [7, 11) is -4.78. The lowest BCUT2D eigenvalue weighted by Crippen LogP contribution is -2.97. The van der Waals surface area contributed by atoms with Gasteiger partial charge in [0.15, 0.2) is 15.7 Å². The average molecular weight is 359 g/mol. The maximum atomic E-state index is 7.44. The van der Waals surface area contributed by atoms with E-state index < -0.39 is 22.8 Å². The third kappa shape index (κ3) is 2.16. The molecule has 0 spiro atoms. The van der Waals surface area contributed by atoms with E-state index in [0.29, 0.717) is 0 Å². The summed E-state index contributed by atoms with van der Waals surface area (Å²) < 4.78 is 7.44. The van der Waals surface area contributed by atoms with Gasteiger partial charge < -0.3 is 4.12 Å². The maximum absolute atomic E-state index is 7.44. The molecule has 0 bridgehead atoms. The van der Waals surface area contributed by atoms with Crippen LogP contribution in [0.1, 0.15) is 83.1 Å². The molecule has 0 aromatic carbocycles. The summed E-state index contributed by atoms with van der Waals surface area (Å²) >= 11 is 0. The van der Waals surface area contributed by atoms with Crippen molar-refractivity contribution in [1.29, 1.82) is 0 Å². The van der Waals surface area contributed by atoms with Crippen LogP contribution >= 0.6 is 0 Å². The van der Waals surface area contributed by atoms with Crippen LogP contribution in [0.2, 0.25) is 33.2 Å². The van der Waals surface area contributed by atoms with Crippen molar-refractivity contribution in [3.05, 3.63) is 0 Å². The SMILES string of the molecule is CC(C)[Si]1(C(C)C)O[Si](C(C)C)(C(C)C)[Si]1(C(C)C)C(C)C. The van der Waals surface area contributed by atoms with Gasteiger partial charge in [0.25, 0.3) is 0 Å². The molecule has 22 heavy (non-hydrogen) atoms. The molecule has 0 aromatic rings. The smallest absolute Gasteiger partial charge is 0.172 e. The van der Waals surface area contributed by atoms with Crippen LogP contribution in [0.15, 0.2) is 0 Å². The molecule has 0 aliphatic carbocycles. The van der Waals surface area contributed by atoms with E-state index in [1.807, 2.05) is 0 Å². The van der Waals surface area contributed by atoms with Gasteiger partial charge in [-0.2, -0.15) is 0 Å². The van der Waals surface area contributed by atoms with Crippen molar-refractivity contribution < 1.29 is 4.12 Å². The Balaban J connectivity index is 3.76. The van der Waals surface area contributed by atoms with Crippen molar-refractivity contribution in [2.75, 3.05) is 0 Å². The first-order valence-corrected chi connectivity index (χ1v) is 17.8. The van der Waals surface area contributed by atoms with Crippen LogP contribution in [0.5, 0.6) is 0 Å². The van der Waals surface area contributed by atoms with E-state index in [2.05, 4.69) is 83.1 Å². The van der Waals surface area contributed by atoms with Crippen molar-refractivity contribution in [3.63, 3.8) is 0 Å². The van der Waals surface area contributed by atoms with Gasteiger partial charge in [0.1, 0.15) is 7.11 Å². The molecule has 0 aromatic heterocycles. The Bertz CT molecular complexity index is 334. The van der Waals surface area contributed by atoms with Crippen molar-refractivity contribution in [1.82, 2.24) is 0 Å². The predicted molar refractivity (Wildman–Crippen MR) is 109 cm³/mol. The van der Waals surface area contributed by atoms with Crippen LogP contribution in [0.4, 0.5) is 0 Å². The van der Waals surface area contributed by atoms with Crippen molar-refractivity contribution >= 4 is 22.8 Å². The Labute approximate surface area is 143 Å². The molecular formula is C18H42OSi3. The quantitative estimate of drug-likeness (QED) is 0.466. The standard InChI is InChI=1S/C18H42OSi3/c1-13(2)20(14(3)4)19-21(15(5)6,16(7)8)22(20,17(9)10)18(11)12/h13-18H,1-12H3. The van der Waals surface area contributed by atoms with E-state index in [1.165, 1.54) is 0 Å².